The largest absolute Gasteiger partial charge is 0.506 e. The number of aliphatic hydroxyl groups excluding tert-OH is 1. The molecule has 1 heterocycles. The number of halogens is 3. The summed E-state index contributed by atoms with van der Waals surface area (Å²) in [7, 11) is 0. The molecule has 0 bridgehead atoms. The molecule has 202 valence electrons. The van der Waals surface area contributed by atoms with E-state index in [9.17, 15) is 9.90 Å². The molecule has 0 radical (unpaired) electrons. The molecule has 6 nitrogen and oxygen atoms in total. The fourth-order valence-electron chi connectivity index (χ4n) is 3.63. The monoisotopic (exact) mass is 647 g/mol. The first-order valence-corrected chi connectivity index (χ1v) is 14.3. The number of carbonyl (C=O) groups is 1. The number of thioether (sulfide) groups is 1. The van der Waals surface area contributed by atoms with E-state index in [1.165, 1.54) is 11.8 Å². The molecule has 10 heteroatoms. The predicted octanol–water partition coefficient (Wildman–Crippen LogP) is 8.93. The van der Waals surface area contributed by atoms with Gasteiger partial charge in [-0.25, -0.2) is 9.79 Å². The van der Waals surface area contributed by atoms with Gasteiger partial charge in [0.1, 0.15) is 23.0 Å². The maximum absolute atomic E-state index is 12.7. The van der Waals surface area contributed by atoms with E-state index in [-0.39, 0.29) is 24.5 Å². The molecule has 1 aliphatic rings. The molecule has 3 aromatic rings. The van der Waals surface area contributed by atoms with Crippen molar-refractivity contribution in [3.05, 3.63) is 103 Å². The second-order valence-electron chi connectivity index (χ2n) is 8.09. The first kappa shape index (κ1) is 29.1. The Kier molecular flexibility index (Phi) is 10.0. The number of benzene rings is 3. The van der Waals surface area contributed by atoms with Crippen molar-refractivity contribution >= 4 is 73.7 Å². The number of esters is 1. The van der Waals surface area contributed by atoms with Crippen LogP contribution in [0.25, 0.3) is 6.08 Å². The first-order chi connectivity index (χ1) is 18.8. The van der Waals surface area contributed by atoms with Gasteiger partial charge in [0.05, 0.1) is 28.3 Å². The van der Waals surface area contributed by atoms with Crippen LogP contribution >= 0.6 is 50.9 Å². The lowest BCUT2D eigenvalue weighted by Crippen LogP contribution is -2.12. The van der Waals surface area contributed by atoms with Gasteiger partial charge in [0.25, 0.3) is 0 Å². The van der Waals surface area contributed by atoms with Gasteiger partial charge in [-0.05, 0) is 77.8 Å². The highest BCUT2D eigenvalue weighted by atomic mass is 79.9. The SMILES string of the molecule is CCOC(=O)C1=C(O)/C(=C/c2cc(Br)c(OCc3ccc(Cl)cc3Cl)c(OCC)c2)SC1=Nc1ccccc1. The quantitative estimate of drug-likeness (QED) is 0.233. The minimum Gasteiger partial charge on any atom is -0.506 e. The zero-order valence-corrected chi connectivity index (χ0v) is 25.0. The van der Waals surface area contributed by atoms with Crippen LogP contribution < -0.4 is 9.47 Å². The Hall–Kier alpha value is -2.91. The van der Waals surface area contributed by atoms with E-state index >= 15 is 0 Å². The average molecular weight is 649 g/mol. The van der Waals surface area contributed by atoms with Crippen LogP contribution in [0, 0.1) is 0 Å². The number of aliphatic imine (C=N–C) groups is 1. The van der Waals surface area contributed by atoms with E-state index in [0.717, 1.165) is 5.56 Å². The number of hydrogen-bond acceptors (Lipinski definition) is 7. The normalized spacial score (nSPS) is 15.2. The lowest BCUT2D eigenvalue weighted by molar-refractivity contribution is -0.138. The predicted molar refractivity (Wildman–Crippen MR) is 161 cm³/mol. The lowest BCUT2D eigenvalue weighted by atomic mass is 10.1. The molecule has 39 heavy (non-hydrogen) atoms. The summed E-state index contributed by atoms with van der Waals surface area (Å²) in [6, 6.07) is 18.0. The number of rotatable bonds is 9. The molecule has 1 N–H and O–H groups in total. The Bertz CT molecular complexity index is 1470. The van der Waals surface area contributed by atoms with Crippen LogP contribution in [0.3, 0.4) is 0 Å². The number of hydrogen-bond donors (Lipinski definition) is 1. The van der Waals surface area contributed by atoms with Crippen molar-refractivity contribution in [1.29, 1.82) is 0 Å². The molecule has 0 fully saturated rings. The van der Waals surface area contributed by atoms with Crippen molar-refractivity contribution in [1.82, 2.24) is 0 Å². The Morgan fingerprint density at radius 3 is 2.51 bits per heavy atom. The van der Waals surface area contributed by atoms with Crippen LogP contribution in [0.15, 0.2) is 86.4 Å². The molecule has 0 saturated heterocycles. The van der Waals surface area contributed by atoms with E-state index in [0.29, 0.717) is 53.8 Å². The highest BCUT2D eigenvalue weighted by Gasteiger charge is 2.33. The summed E-state index contributed by atoms with van der Waals surface area (Å²) < 4.78 is 17.8. The summed E-state index contributed by atoms with van der Waals surface area (Å²) in [6.07, 6.45) is 1.75. The van der Waals surface area contributed by atoms with Crippen molar-refractivity contribution in [3.63, 3.8) is 0 Å². The van der Waals surface area contributed by atoms with Gasteiger partial charge >= 0.3 is 5.97 Å². The Labute approximate surface area is 249 Å². The average Bonchev–Trinajstić information content (AvgIpc) is 3.19. The minimum atomic E-state index is -0.638. The summed E-state index contributed by atoms with van der Waals surface area (Å²) in [6.45, 7) is 4.37. The summed E-state index contributed by atoms with van der Waals surface area (Å²) in [4.78, 5) is 17.7. The zero-order chi connectivity index (χ0) is 27.9. The third-order valence-corrected chi connectivity index (χ3v) is 7.57. The molecule has 0 amide bonds. The molecule has 1 aliphatic heterocycles. The van der Waals surface area contributed by atoms with E-state index in [1.54, 1.807) is 37.3 Å². The van der Waals surface area contributed by atoms with Crippen LogP contribution in [0.1, 0.15) is 25.0 Å². The Balaban J connectivity index is 1.68. The number of ether oxygens (including phenoxy) is 3. The standard InChI is InChI=1S/C29H24BrCl2NO5S/c1-3-36-23-13-17(12-21(30)27(23)38-16-18-10-11-19(31)15-22(18)32)14-24-26(34)25(29(35)37-4-2)28(39-24)33-20-8-6-5-7-9-20/h5-15,34H,3-4,16H2,1-2H3/b24-14-,33-28?. The number of para-hydroxylation sites is 1. The van der Waals surface area contributed by atoms with Crippen molar-refractivity contribution in [2.45, 2.75) is 20.5 Å². The second kappa shape index (κ2) is 13.4. The topological polar surface area (TPSA) is 77.4 Å². The van der Waals surface area contributed by atoms with Gasteiger partial charge in [0, 0.05) is 15.6 Å². The van der Waals surface area contributed by atoms with Crippen LogP contribution in [0.2, 0.25) is 10.0 Å². The third kappa shape index (κ3) is 7.19. The fraction of sp³-hybridized carbons (Fsp3) is 0.172. The maximum atomic E-state index is 12.7. The Morgan fingerprint density at radius 1 is 1.05 bits per heavy atom. The lowest BCUT2D eigenvalue weighted by Gasteiger charge is -2.15. The van der Waals surface area contributed by atoms with Gasteiger partial charge in [0.2, 0.25) is 0 Å². The van der Waals surface area contributed by atoms with Crippen molar-refractivity contribution < 1.29 is 24.1 Å². The van der Waals surface area contributed by atoms with Gasteiger partial charge in [-0.3, -0.25) is 0 Å². The molecule has 4 rings (SSSR count). The number of carbonyl (C=O) groups excluding carboxylic acids is 1. The summed E-state index contributed by atoms with van der Waals surface area (Å²) in [5, 5.41) is 12.4. The third-order valence-electron chi connectivity index (χ3n) is 5.37. The number of nitrogens with zero attached hydrogens (tertiary/aromatic N) is 1. The zero-order valence-electron chi connectivity index (χ0n) is 21.0. The molecule has 0 spiro atoms. The highest BCUT2D eigenvalue weighted by molar-refractivity contribution is 9.10. The van der Waals surface area contributed by atoms with Crippen molar-refractivity contribution in [2.24, 2.45) is 4.99 Å². The molecular formula is C29H24BrCl2NO5S. The molecule has 0 aromatic heterocycles. The van der Waals surface area contributed by atoms with E-state index in [1.807, 2.05) is 43.3 Å². The molecule has 0 saturated carbocycles. The minimum absolute atomic E-state index is 0.0286. The van der Waals surface area contributed by atoms with Gasteiger partial charge in [-0.1, -0.05) is 59.2 Å². The smallest absolute Gasteiger partial charge is 0.344 e. The molecular weight excluding hydrogens is 625 g/mol. The van der Waals surface area contributed by atoms with Crippen LogP contribution in [0.4, 0.5) is 5.69 Å². The highest BCUT2D eigenvalue weighted by Crippen LogP contribution is 2.43. The maximum Gasteiger partial charge on any atom is 0.344 e. The summed E-state index contributed by atoms with van der Waals surface area (Å²) >= 11 is 17.1. The van der Waals surface area contributed by atoms with E-state index < -0.39 is 5.97 Å². The van der Waals surface area contributed by atoms with Crippen LogP contribution in [-0.4, -0.2) is 29.3 Å². The van der Waals surface area contributed by atoms with E-state index in [4.69, 9.17) is 37.4 Å². The summed E-state index contributed by atoms with van der Waals surface area (Å²) in [5.41, 5.74) is 2.16. The molecule has 0 unspecified atom stereocenters. The van der Waals surface area contributed by atoms with Gasteiger partial charge in [-0.15, -0.1) is 0 Å². The van der Waals surface area contributed by atoms with Crippen LogP contribution in [-0.2, 0) is 16.1 Å². The number of aliphatic hydroxyl groups is 1. The Morgan fingerprint density at radius 2 is 1.82 bits per heavy atom. The van der Waals surface area contributed by atoms with Gasteiger partial charge in [0.15, 0.2) is 11.5 Å². The van der Waals surface area contributed by atoms with Gasteiger partial charge < -0.3 is 19.3 Å². The molecule has 0 atom stereocenters. The first-order valence-electron chi connectivity index (χ1n) is 12.0. The van der Waals surface area contributed by atoms with Crippen LogP contribution in [0.5, 0.6) is 11.5 Å². The van der Waals surface area contributed by atoms with Crippen molar-refractivity contribution in [3.8, 4) is 11.5 Å². The van der Waals surface area contributed by atoms with E-state index in [2.05, 4.69) is 20.9 Å². The fourth-order valence-corrected chi connectivity index (χ4v) is 5.70. The van der Waals surface area contributed by atoms with Crippen molar-refractivity contribution in [2.75, 3.05) is 13.2 Å². The molecule has 0 aliphatic carbocycles. The second-order valence-corrected chi connectivity index (χ2v) is 10.8. The summed E-state index contributed by atoms with van der Waals surface area (Å²) in [5.74, 6) is 0.169. The van der Waals surface area contributed by atoms with Gasteiger partial charge in [-0.2, -0.15) is 0 Å². The molecule has 3 aromatic carbocycles.